The van der Waals surface area contributed by atoms with Crippen molar-refractivity contribution in [3.8, 4) is 0 Å². The van der Waals surface area contributed by atoms with Crippen LogP contribution in [0.2, 0.25) is 0 Å². The second-order valence-corrected chi connectivity index (χ2v) is 5.48. The smallest absolute Gasteiger partial charge is 0.231 e. The first-order valence-corrected chi connectivity index (χ1v) is 7.40. The van der Waals surface area contributed by atoms with Gasteiger partial charge in [-0.2, -0.15) is 9.97 Å². The van der Waals surface area contributed by atoms with Crippen LogP contribution in [0.4, 0.5) is 29.0 Å². The molecule has 0 spiro atoms. The summed E-state index contributed by atoms with van der Waals surface area (Å²) in [5, 5.41) is 6.40. The maximum Gasteiger partial charge on any atom is 0.231 e. The maximum atomic E-state index is 5.88. The van der Waals surface area contributed by atoms with Crippen molar-refractivity contribution in [1.29, 1.82) is 0 Å². The van der Waals surface area contributed by atoms with Crippen LogP contribution in [0.3, 0.4) is 0 Å². The number of hydrogen-bond acceptors (Lipinski definition) is 5. The van der Waals surface area contributed by atoms with E-state index in [1.165, 1.54) is 11.1 Å². The predicted molar refractivity (Wildman–Crippen MR) is 95.4 cm³/mol. The Morgan fingerprint density at radius 2 is 1.26 bits per heavy atom. The molecule has 0 radical (unpaired) electrons. The fraction of sp³-hybridized carbons (Fsp3) is 0.111. The predicted octanol–water partition coefficient (Wildman–Crippen LogP) is 4.16. The first kappa shape index (κ1) is 14.8. The van der Waals surface area contributed by atoms with Crippen molar-refractivity contribution in [3.63, 3.8) is 0 Å². The lowest BCUT2D eigenvalue weighted by Crippen LogP contribution is -2.03. The van der Waals surface area contributed by atoms with Crippen molar-refractivity contribution in [2.24, 2.45) is 0 Å². The van der Waals surface area contributed by atoms with Crippen LogP contribution < -0.4 is 16.4 Å². The molecule has 116 valence electrons. The fourth-order valence-electron chi connectivity index (χ4n) is 2.14. The van der Waals surface area contributed by atoms with Gasteiger partial charge in [-0.3, -0.25) is 0 Å². The normalized spacial score (nSPS) is 10.3. The van der Waals surface area contributed by atoms with Gasteiger partial charge in [0.15, 0.2) is 0 Å². The maximum absolute atomic E-state index is 5.88. The zero-order chi connectivity index (χ0) is 16.2. The lowest BCUT2D eigenvalue weighted by Gasteiger charge is -2.10. The lowest BCUT2D eigenvalue weighted by atomic mass is 10.2. The summed E-state index contributed by atoms with van der Waals surface area (Å²) in [6.45, 7) is 4.10. The molecule has 1 aromatic heterocycles. The van der Waals surface area contributed by atoms with Crippen LogP contribution in [0.5, 0.6) is 0 Å². The Morgan fingerprint density at radius 3 is 1.83 bits per heavy atom. The van der Waals surface area contributed by atoms with Gasteiger partial charge in [0, 0.05) is 17.4 Å². The third kappa shape index (κ3) is 3.97. The summed E-state index contributed by atoms with van der Waals surface area (Å²) in [4.78, 5) is 8.68. The summed E-state index contributed by atoms with van der Waals surface area (Å²) in [7, 11) is 0. The van der Waals surface area contributed by atoms with E-state index < -0.39 is 0 Å². The Balaban J connectivity index is 1.81. The van der Waals surface area contributed by atoms with Crippen molar-refractivity contribution in [3.05, 3.63) is 65.7 Å². The molecule has 0 unspecified atom stereocenters. The minimum Gasteiger partial charge on any atom is -0.383 e. The summed E-state index contributed by atoms with van der Waals surface area (Å²) in [6.07, 6.45) is 0. The third-order valence-electron chi connectivity index (χ3n) is 3.38. The van der Waals surface area contributed by atoms with Crippen LogP contribution in [-0.4, -0.2) is 9.97 Å². The molecule has 0 aliphatic carbocycles. The van der Waals surface area contributed by atoms with Crippen molar-refractivity contribution in [2.75, 3.05) is 16.4 Å². The molecule has 0 saturated carbocycles. The van der Waals surface area contributed by atoms with Gasteiger partial charge in [0.2, 0.25) is 5.95 Å². The van der Waals surface area contributed by atoms with E-state index in [-0.39, 0.29) is 0 Å². The van der Waals surface area contributed by atoms with Gasteiger partial charge < -0.3 is 16.4 Å². The number of nitrogen functional groups attached to an aromatic ring is 1. The zero-order valence-electron chi connectivity index (χ0n) is 13.2. The Bertz CT molecular complexity index is 729. The fourth-order valence-corrected chi connectivity index (χ4v) is 2.14. The Kier molecular flexibility index (Phi) is 4.10. The van der Waals surface area contributed by atoms with E-state index in [9.17, 15) is 0 Å². The highest BCUT2D eigenvalue weighted by molar-refractivity contribution is 5.63. The number of nitrogens with zero attached hydrogens (tertiary/aromatic N) is 2. The SMILES string of the molecule is Cc1ccc(Nc2cc(N)nc(Nc3ccc(C)cc3)n2)cc1. The number of nitrogens with two attached hydrogens (primary N) is 1. The number of anilines is 5. The number of aryl methyl sites for hydroxylation is 2. The first-order chi connectivity index (χ1) is 11.1. The molecular weight excluding hydrogens is 286 g/mol. The van der Waals surface area contributed by atoms with Crippen LogP contribution >= 0.6 is 0 Å². The van der Waals surface area contributed by atoms with Crippen LogP contribution in [0.25, 0.3) is 0 Å². The minimum atomic E-state index is 0.407. The molecule has 3 aromatic rings. The highest BCUT2D eigenvalue weighted by Gasteiger charge is 2.04. The molecule has 23 heavy (non-hydrogen) atoms. The Hall–Kier alpha value is -3.08. The van der Waals surface area contributed by atoms with E-state index in [0.717, 1.165) is 11.4 Å². The van der Waals surface area contributed by atoms with E-state index >= 15 is 0 Å². The van der Waals surface area contributed by atoms with Crippen LogP contribution in [0.15, 0.2) is 54.6 Å². The molecule has 0 atom stereocenters. The van der Waals surface area contributed by atoms with Crippen molar-refractivity contribution < 1.29 is 0 Å². The molecule has 5 nitrogen and oxygen atoms in total. The standard InChI is InChI=1S/C18H19N5/c1-12-3-7-14(8-4-12)20-17-11-16(19)22-18(23-17)21-15-9-5-13(2)6-10-15/h3-11H,1-2H3,(H4,19,20,21,22,23). The van der Waals surface area contributed by atoms with E-state index in [0.29, 0.717) is 17.6 Å². The summed E-state index contributed by atoms with van der Waals surface area (Å²) >= 11 is 0. The molecular formula is C18H19N5. The lowest BCUT2D eigenvalue weighted by molar-refractivity contribution is 1.17. The van der Waals surface area contributed by atoms with Crippen molar-refractivity contribution in [1.82, 2.24) is 9.97 Å². The van der Waals surface area contributed by atoms with E-state index in [2.05, 4.69) is 27.5 Å². The summed E-state index contributed by atoms with van der Waals surface area (Å²) in [5.74, 6) is 1.52. The zero-order valence-corrected chi connectivity index (χ0v) is 13.2. The first-order valence-electron chi connectivity index (χ1n) is 7.40. The number of benzene rings is 2. The van der Waals surface area contributed by atoms with Gasteiger partial charge in [-0.1, -0.05) is 35.4 Å². The molecule has 5 heteroatoms. The van der Waals surface area contributed by atoms with Crippen LogP contribution in [-0.2, 0) is 0 Å². The largest absolute Gasteiger partial charge is 0.383 e. The molecule has 0 fully saturated rings. The van der Waals surface area contributed by atoms with Crippen molar-refractivity contribution in [2.45, 2.75) is 13.8 Å². The molecule has 0 bridgehead atoms. The molecule has 3 rings (SSSR count). The van der Waals surface area contributed by atoms with Crippen LogP contribution in [0, 0.1) is 13.8 Å². The van der Waals surface area contributed by atoms with Crippen molar-refractivity contribution >= 4 is 29.0 Å². The van der Waals surface area contributed by atoms with Gasteiger partial charge in [0.25, 0.3) is 0 Å². The quantitative estimate of drug-likeness (QED) is 0.674. The summed E-state index contributed by atoms with van der Waals surface area (Å²) in [6, 6.07) is 17.8. The highest BCUT2D eigenvalue weighted by Crippen LogP contribution is 2.20. The molecule has 0 aliphatic heterocycles. The van der Waals surface area contributed by atoms with Gasteiger partial charge in [0.1, 0.15) is 11.6 Å². The third-order valence-corrected chi connectivity index (χ3v) is 3.38. The Labute approximate surface area is 135 Å². The number of rotatable bonds is 4. The molecule has 1 heterocycles. The Morgan fingerprint density at radius 1 is 0.739 bits per heavy atom. The average molecular weight is 305 g/mol. The number of aromatic nitrogens is 2. The molecule has 2 aromatic carbocycles. The van der Waals surface area contributed by atoms with Gasteiger partial charge in [-0.05, 0) is 38.1 Å². The summed E-state index contributed by atoms with van der Waals surface area (Å²) in [5.41, 5.74) is 10.2. The van der Waals surface area contributed by atoms with Gasteiger partial charge in [-0.15, -0.1) is 0 Å². The van der Waals surface area contributed by atoms with E-state index in [1.807, 2.05) is 55.5 Å². The second kappa shape index (κ2) is 6.36. The topological polar surface area (TPSA) is 75.9 Å². The molecule has 0 amide bonds. The molecule has 4 N–H and O–H groups in total. The highest BCUT2D eigenvalue weighted by atomic mass is 15.2. The van der Waals surface area contributed by atoms with Gasteiger partial charge >= 0.3 is 0 Å². The number of nitrogens with one attached hydrogen (secondary N) is 2. The monoisotopic (exact) mass is 305 g/mol. The number of hydrogen-bond donors (Lipinski definition) is 3. The van der Waals surface area contributed by atoms with E-state index in [4.69, 9.17) is 5.73 Å². The van der Waals surface area contributed by atoms with Gasteiger partial charge in [-0.25, -0.2) is 0 Å². The van der Waals surface area contributed by atoms with Crippen LogP contribution in [0.1, 0.15) is 11.1 Å². The minimum absolute atomic E-state index is 0.407. The average Bonchev–Trinajstić information content (AvgIpc) is 2.51. The molecule has 0 aliphatic rings. The second-order valence-electron chi connectivity index (χ2n) is 5.48. The summed E-state index contributed by atoms with van der Waals surface area (Å²) < 4.78 is 0. The van der Waals surface area contributed by atoms with Gasteiger partial charge in [0.05, 0.1) is 0 Å². The van der Waals surface area contributed by atoms with E-state index in [1.54, 1.807) is 6.07 Å². The molecule has 0 saturated heterocycles.